The molecule has 1 amide bonds. The molecular formula is C19H22N4O5S. The molecule has 10 heteroatoms. The van der Waals surface area contributed by atoms with E-state index in [0.29, 0.717) is 16.5 Å². The van der Waals surface area contributed by atoms with Crippen molar-refractivity contribution in [2.75, 3.05) is 24.3 Å². The lowest BCUT2D eigenvalue weighted by atomic mass is 9.88. The van der Waals surface area contributed by atoms with Gasteiger partial charge in [-0.15, -0.1) is 11.3 Å². The van der Waals surface area contributed by atoms with Gasteiger partial charge in [0.2, 0.25) is 0 Å². The van der Waals surface area contributed by atoms with Crippen LogP contribution in [0.15, 0.2) is 12.4 Å². The Balaban J connectivity index is 1.72. The minimum atomic E-state index is -0.851. The highest BCUT2D eigenvalue weighted by molar-refractivity contribution is 7.17. The molecule has 0 fully saturated rings. The van der Waals surface area contributed by atoms with Crippen molar-refractivity contribution in [3.63, 3.8) is 0 Å². The molecule has 2 aromatic heterocycles. The average Bonchev–Trinajstić information content (AvgIpc) is 3.03. The molecule has 1 unspecified atom stereocenters. The van der Waals surface area contributed by atoms with Crippen LogP contribution in [0.2, 0.25) is 0 Å². The summed E-state index contributed by atoms with van der Waals surface area (Å²) >= 11 is 1.37. The minimum Gasteiger partial charge on any atom is -0.462 e. The predicted molar refractivity (Wildman–Crippen MR) is 107 cm³/mol. The Bertz CT molecular complexity index is 943. The molecule has 2 heterocycles. The van der Waals surface area contributed by atoms with E-state index in [1.165, 1.54) is 23.7 Å². The molecule has 154 valence electrons. The van der Waals surface area contributed by atoms with Crippen molar-refractivity contribution in [2.24, 2.45) is 5.92 Å². The first-order valence-corrected chi connectivity index (χ1v) is 10.1. The number of ether oxygens (including phenoxy) is 2. The number of anilines is 2. The fourth-order valence-corrected chi connectivity index (χ4v) is 4.54. The average molecular weight is 418 g/mol. The Morgan fingerprint density at radius 2 is 2.00 bits per heavy atom. The van der Waals surface area contributed by atoms with Gasteiger partial charge in [0, 0.05) is 17.3 Å². The standard InChI is InChI=1S/C19H22N4O5S/c1-3-27-18(25)14-11-5-4-10(2)8-12(11)29-17(14)23-13(24)9-28-19(26)15-16(20)22-7-6-21-15/h6-7,10H,3-5,8-9H2,1-2H3,(H2,20,22)(H,23,24). The lowest BCUT2D eigenvalue weighted by molar-refractivity contribution is -0.119. The predicted octanol–water partition coefficient (Wildman–Crippen LogP) is 2.22. The van der Waals surface area contributed by atoms with Crippen molar-refractivity contribution < 1.29 is 23.9 Å². The second-order valence-electron chi connectivity index (χ2n) is 6.69. The van der Waals surface area contributed by atoms with Gasteiger partial charge in [0.1, 0.15) is 5.00 Å². The van der Waals surface area contributed by atoms with Crippen molar-refractivity contribution >= 4 is 40.0 Å². The number of nitrogen functional groups attached to an aromatic ring is 1. The number of carbonyl (C=O) groups excluding carboxylic acids is 3. The highest BCUT2D eigenvalue weighted by Crippen LogP contribution is 2.40. The molecule has 0 aromatic carbocycles. The van der Waals surface area contributed by atoms with E-state index in [-0.39, 0.29) is 18.1 Å². The van der Waals surface area contributed by atoms with E-state index in [9.17, 15) is 14.4 Å². The Morgan fingerprint density at radius 1 is 1.24 bits per heavy atom. The van der Waals surface area contributed by atoms with Gasteiger partial charge in [0.25, 0.3) is 5.91 Å². The molecule has 2 aromatic rings. The molecule has 0 radical (unpaired) electrons. The summed E-state index contributed by atoms with van der Waals surface area (Å²) in [5, 5.41) is 3.10. The molecule has 29 heavy (non-hydrogen) atoms. The quantitative estimate of drug-likeness (QED) is 0.682. The summed E-state index contributed by atoms with van der Waals surface area (Å²) in [5.41, 5.74) is 6.75. The SMILES string of the molecule is CCOC(=O)c1c(NC(=O)COC(=O)c2nccnc2N)sc2c1CCC(C)C2. The maximum absolute atomic E-state index is 12.5. The maximum Gasteiger partial charge on any atom is 0.361 e. The van der Waals surface area contributed by atoms with Gasteiger partial charge in [-0.1, -0.05) is 6.92 Å². The smallest absolute Gasteiger partial charge is 0.361 e. The van der Waals surface area contributed by atoms with Crippen LogP contribution in [0.3, 0.4) is 0 Å². The van der Waals surface area contributed by atoms with Crippen LogP contribution in [0, 0.1) is 5.92 Å². The van der Waals surface area contributed by atoms with E-state index in [2.05, 4.69) is 22.2 Å². The number of thiophene rings is 1. The molecule has 0 saturated heterocycles. The second kappa shape index (κ2) is 8.99. The third kappa shape index (κ3) is 4.70. The molecule has 9 nitrogen and oxygen atoms in total. The van der Waals surface area contributed by atoms with Crippen LogP contribution in [0.1, 0.15) is 51.6 Å². The van der Waals surface area contributed by atoms with E-state index in [1.807, 2.05) is 0 Å². The van der Waals surface area contributed by atoms with Gasteiger partial charge in [-0.25, -0.2) is 19.6 Å². The summed E-state index contributed by atoms with van der Waals surface area (Å²) in [6.45, 7) is 3.58. The summed E-state index contributed by atoms with van der Waals surface area (Å²) in [6.07, 6.45) is 5.23. The monoisotopic (exact) mass is 418 g/mol. The zero-order valence-electron chi connectivity index (χ0n) is 16.2. The molecule has 3 rings (SSSR count). The number of hydrogen-bond donors (Lipinski definition) is 2. The van der Waals surface area contributed by atoms with Crippen LogP contribution < -0.4 is 11.1 Å². The van der Waals surface area contributed by atoms with Crippen molar-refractivity contribution in [1.82, 2.24) is 9.97 Å². The molecule has 0 aliphatic heterocycles. The molecule has 1 atom stereocenters. The van der Waals surface area contributed by atoms with Gasteiger partial charge in [0.05, 0.1) is 12.2 Å². The molecule has 0 saturated carbocycles. The summed E-state index contributed by atoms with van der Waals surface area (Å²) in [7, 11) is 0. The fourth-order valence-electron chi connectivity index (χ4n) is 3.13. The van der Waals surface area contributed by atoms with Crippen LogP contribution >= 0.6 is 11.3 Å². The number of nitrogens with zero attached hydrogens (tertiary/aromatic N) is 2. The van der Waals surface area contributed by atoms with Gasteiger partial charge in [-0.05, 0) is 37.7 Å². The van der Waals surface area contributed by atoms with Gasteiger partial charge >= 0.3 is 11.9 Å². The Labute approximate surface area is 171 Å². The number of esters is 2. The molecule has 1 aliphatic carbocycles. The second-order valence-corrected chi connectivity index (χ2v) is 7.80. The van der Waals surface area contributed by atoms with E-state index in [1.54, 1.807) is 6.92 Å². The fraction of sp³-hybridized carbons (Fsp3) is 0.421. The third-order valence-electron chi connectivity index (χ3n) is 4.50. The normalized spacial score (nSPS) is 15.3. The third-order valence-corrected chi connectivity index (χ3v) is 5.67. The largest absolute Gasteiger partial charge is 0.462 e. The number of fused-ring (bicyclic) bond motifs is 1. The van der Waals surface area contributed by atoms with Crippen LogP contribution in [0.4, 0.5) is 10.8 Å². The number of carbonyl (C=O) groups is 3. The number of nitrogens with one attached hydrogen (secondary N) is 1. The van der Waals surface area contributed by atoms with Crippen molar-refractivity contribution in [3.8, 4) is 0 Å². The van der Waals surface area contributed by atoms with Crippen LogP contribution in [-0.4, -0.2) is 41.0 Å². The first-order valence-electron chi connectivity index (χ1n) is 9.25. The highest BCUT2D eigenvalue weighted by Gasteiger charge is 2.29. The maximum atomic E-state index is 12.5. The zero-order valence-corrected chi connectivity index (χ0v) is 17.0. The van der Waals surface area contributed by atoms with Crippen molar-refractivity contribution in [1.29, 1.82) is 0 Å². The topological polar surface area (TPSA) is 134 Å². The van der Waals surface area contributed by atoms with Gasteiger partial charge in [-0.2, -0.15) is 0 Å². The first kappa shape index (κ1) is 20.7. The number of hydrogen-bond acceptors (Lipinski definition) is 9. The number of aromatic nitrogens is 2. The van der Waals surface area contributed by atoms with Gasteiger partial charge < -0.3 is 20.5 Å². The lowest BCUT2D eigenvalue weighted by Gasteiger charge is -2.18. The Hall–Kier alpha value is -3.01. The van der Waals surface area contributed by atoms with Crippen LogP contribution in [0.5, 0.6) is 0 Å². The molecular weight excluding hydrogens is 396 g/mol. The number of amides is 1. The Morgan fingerprint density at radius 3 is 2.72 bits per heavy atom. The van der Waals surface area contributed by atoms with E-state index in [4.69, 9.17) is 15.2 Å². The number of nitrogens with two attached hydrogens (primary N) is 1. The summed E-state index contributed by atoms with van der Waals surface area (Å²) in [4.78, 5) is 45.5. The summed E-state index contributed by atoms with van der Waals surface area (Å²) < 4.78 is 10.1. The van der Waals surface area contributed by atoms with E-state index >= 15 is 0 Å². The molecule has 1 aliphatic rings. The van der Waals surface area contributed by atoms with Gasteiger partial charge in [0.15, 0.2) is 18.1 Å². The lowest BCUT2D eigenvalue weighted by Crippen LogP contribution is -2.23. The van der Waals surface area contributed by atoms with Crippen LogP contribution in [0.25, 0.3) is 0 Å². The summed E-state index contributed by atoms with van der Waals surface area (Å²) in [6, 6.07) is 0. The van der Waals surface area contributed by atoms with Gasteiger partial charge in [-0.3, -0.25) is 4.79 Å². The minimum absolute atomic E-state index is 0.0810. The Kier molecular flexibility index (Phi) is 6.42. The summed E-state index contributed by atoms with van der Waals surface area (Å²) in [5.74, 6) is -1.45. The van der Waals surface area contributed by atoms with E-state index in [0.717, 1.165) is 29.7 Å². The van der Waals surface area contributed by atoms with Crippen LogP contribution in [-0.2, 0) is 27.1 Å². The first-order chi connectivity index (χ1) is 13.9. The van der Waals surface area contributed by atoms with Crippen molar-refractivity contribution in [2.45, 2.75) is 33.1 Å². The number of rotatable bonds is 6. The molecule has 0 spiro atoms. The highest BCUT2D eigenvalue weighted by atomic mass is 32.1. The molecule has 3 N–H and O–H groups in total. The van der Waals surface area contributed by atoms with Crippen molar-refractivity contribution in [3.05, 3.63) is 34.1 Å². The zero-order chi connectivity index (χ0) is 21.0. The molecule has 0 bridgehead atoms. The van der Waals surface area contributed by atoms with E-state index < -0.39 is 24.5 Å².